The van der Waals surface area contributed by atoms with Gasteiger partial charge in [0.25, 0.3) is 5.91 Å². The van der Waals surface area contributed by atoms with Crippen molar-refractivity contribution in [3.05, 3.63) is 46.5 Å². The van der Waals surface area contributed by atoms with Crippen molar-refractivity contribution in [1.82, 2.24) is 5.32 Å². The van der Waals surface area contributed by atoms with Gasteiger partial charge in [0, 0.05) is 6.42 Å². The first-order chi connectivity index (χ1) is 11.1. The summed E-state index contributed by atoms with van der Waals surface area (Å²) in [5, 5.41) is 4.40. The predicted molar refractivity (Wildman–Crippen MR) is 84.0 cm³/mol. The molecule has 0 unspecified atom stereocenters. The standard InChI is InChI=1S/C16H17NO5S/c1-11(16(20)17-10-12-4-2-8-21-12)22-15(19)7-6-13(18)14-5-3-9-23-14/h2-5,8-9,11H,6-7,10H2,1H3,(H,17,20)/t11-/m0/s1. The van der Waals surface area contributed by atoms with Crippen LogP contribution in [0, 0.1) is 0 Å². The first kappa shape index (κ1) is 17.0. The Bertz CT molecular complexity index is 648. The SMILES string of the molecule is C[C@H](OC(=O)CCC(=O)c1cccs1)C(=O)NCc1ccco1. The largest absolute Gasteiger partial charge is 0.467 e. The summed E-state index contributed by atoms with van der Waals surface area (Å²) in [6, 6.07) is 6.94. The normalized spacial score (nSPS) is 11.7. The molecule has 6 nitrogen and oxygen atoms in total. The van der Waals surface area contributed by atoms with Gasteiger partial charge in [-0.15, -0.1) is 11.3 Å². The molecule has 0 aliphatic heterocycles. The molecule has 0 saturated heterocycles. The van der Waals surface area contributed by atoms with Crippen LogP contribution < -0.4 is 5.32 Å². The zero-order chi connectivity index (χ0) is 16.7. The number of thiophene rings is 1. The highest BCUT2D eigenvalue weighted by molar-refractivity contribution is 7.12. The molecule has 1 atom stereocenters. The molecule has 0 fully saturated rings. The van der Waals surface area contributed by atoms with Gasteiger partial charge in [0.05, 0.1) is 24.1 Å². The van der Waals surface area contributed by atoms with Crippen molar-refractivity contribution in [3.63, 3.8) is 0 Å². The van der Waals surface area contributed by atoms with Crippen LogP contribution in [0.5, 0.6) is 0 Å². The Morgan fingerprint density at radius 1 is 1.26 bits per heavy atom. The van der Waals surface area contributed by atoms with E-state index >= 15 is 0 Å². The van der Waals surface area contributed by atoms with Gasteiger partial charge >= 0.3 is 5.97 Å². The monoisotopic (exact) mass is 335 g/mol. The number of amides is 1. The highest BCUT2D eigenvalue weighted by Crippen LogP contribution is 2.12. The van der Waals surface area contributed by atoms with E-state index in [1.54, 1.807) is 29.6 Å². The van der Waals surface area contributed by atoms with E-state index in [4.69, 9.17) is 9.15 Å². The molecule has 0 aliphatic rings. The first-order valence-corrected chi connectivity index (χ1v) is 8.00. The molecule has 1 N–H and O–H groups in total. The van der Waals surface area contributed by atoms with Gasteiger partial charge in [-0.05, 0) is 30.5 Å². The molecule has 2 heterocycles. The summed E-state index contributed by atoms with van der Waals surface area (Å²) in [5.41, 5.74) is 0. The minimum atomic E-state index is -0.922. The number of ketones is 1. The Hall–Kier alpha value is -2.41. The molecular formula is C16H17NO5S. The maximum absolute atomic E-state index is 11.8. The molecule has 122 valence electrons. The van der Waals surface area contributed by atoms with Crippen molar-refractivity contribution in [2.75, 3.05) is 0 Å². The molecule has 1 amide bonds. The van der Waals surface area contributed by atoms with Gasteiger partial charge in [0.15, 0.2) is 11.9 Å². The summed E-state index contributed by atoms with van der Waals surface area (Å²) in [6.45, 7) is 1.71. The van der Waals surface area contributed by atoms with Crippen molar-refractivity contribution >= 4 is 29.0 Å². The summed E-state index contributed by atoms with van der Waals surface area (Å²) in [7, 11) is 0. The molecule has 0 aliphatic carbocycles. The summed E-state index contributed by atoms with van der Waals surface area (Å²) < 4.78 is 10.1. The van der Waals surface area contributed by atoms with Crippen LogP contribution in [0.4, 0.5) is 0 Å². The highest BCUT2D eigenvalue weighted by Gasteiger charge is 2.19. The first-order valence-electron chi connectivity index (χ1n) is 7.12. The second kappa shape index (κ2) is 8.28. The van der Waals surface area contributed by atoms with E-state index in [0.29, 0.717) is 10.6 Å². The van der Waals surface area contributed by atoms with Crippen LogP contribution in [0.25, 0.3) is 0 Å². The predicted octanol–water partition coefficient (Wildman–Crippen LogP) is 2.55. The van der Waals surface area contributed by atoms with E-state index in [2.05, 4.69) is 5.32 Å². The van der Waals surface area contributed by atoms with Gasteiger partial charge in [-0.25, -0.2) is 0 Å². The number of ether oxygens (including phenoxy) is 1. The van der Waals surface area contributed by atoms with Crippen LogP contribution in [0.1, 0.15) is 35.2 Å². The van der Waals surface area contributed by atoms with Gasteiger partial charge in [0.2, 0.25) is 0 Å². The van der Waals surface area contributed by atoms with Crippen LogP contribution in [-0.2, 0) is 20.9 Å². The Balaban J connectivity index is 1.69. The zero-order valence-electron chi connectivity index (χ0n) is 12.6. The quantitative estimate of drug-likeness (QED) is 0.592. The number of nitrogens with one attached hydrogen (secondary N) is 1. The Labute approximate surface area is 137 Å². The fourth-order valence-corrected chi connectivity index (χ4v) is 2.51. The van der Waals surface area contributed by atoms with Crippen LogP contribution in [0.3, 0.4) is 0 Å². The number of carbonyl (C=O) groups is 3. The van der Waals surface area contributed by atoms with Crippen molar-refractivity contribution in [1.29, 1.82) is 0 Å². The number of carbonyl (C=O) groups excluding carboxylic acids is 3. The Morgan fingerprint density at radius 2 is 2.09 bits per heavy atom. The van der Waals surface area contributed by atoms with E-state index in [-0.39, 0.29) is 25.2 Å². The lowest BCUT2D eigenvalue weighted by atomic mass is 10.2. The zero-order valence-corrected chi connectivity index (χ0v) is 13.4. The molecule has 0 spiro atoms. The lowest BCUT2D eigenvalue weighted by Gasteiger charge is -2.12. The van der Waals surface area contributed by atoms with Crippen molar-refractivity contribution in [2.45, 2.75) is 32.4 Å². The van der Waals surface area contributed by atoms with Crippen LogP contribution in [-0.4, -0.2) is 23.8 Å². The summed E-state index contributed by atoms with van der Waals surface area (Å²) in [4.78, 5) is 35.9. The fourth-order valence-electron chi connectivity index (χ4n) is 1.82. The molecule has 23 heavy (non-hydrogen) atoms. The van der Waals surface area contributed by atoms with E-state index in [9.17, 15) is 14.4 Å². The molecule has 7 heteroatoms. The van der Waals surface area contributed by atoms with Crippen molar-refractivity contribution < 1.29 is 23.5 Å². The minimum absolute atomic E-state index is 0.0491. The van der Waals surface area contributed by atoms with E-state index in [0.717, 1.165) is 0 Å². The average Bonchev–Trinajstić information content (AvgIpc) is 3.22. The van der Waals surface area contributed by atoms with Crippen molar-refractivity contribution in [2.24, 2.45) is 0 Å². The molecule has 2 rings (SSSR count). The number of hydrogen-bond donors (Lipinski definition) is 1. The smallest absolute Gasteiger partial charge is 0.307 e. The third-order valence-electron chi connectivity index (χ3n) is 3.05. The number of Topliss-reactive ketones (excluding diaryl/α,β-unsaturated/α-hetero) is 1. The van der Waals surface area contributed by atoms with Gasteiger partial charge in [0.1, 0.15) is 5.76 Å². The van der Waals surface area contributed by atoms with Gasteiger partial charge in [-0.3, -0.25) is 14.4 Å². The maximum atomic E-state index is 11.8. The lowest BCUT2D eigenvalue weighted by Crippen LogP contribution is -2.35. The van der Waals surface area contributed by atoms with E-state index < -0.39 is 18.0 Å². The van der Waals surface area contributed by atoms with Crippen LogP contribution in [0.15, 0.2) is 40.3 Å². The van der Waals surface area contributed by atoms with E-state index in [1.165, 1.54) is 24.5 Å². The fraction of sp³-hybridized carbons (Fsp3) is 0.312. The van der Waals surface area contributed by atoms with Gasteiger partial charge in [-0.1, -0.05) is 6.07 Å². The summed E-state index contributed by atoms with van der Waals surface area (Å²) in [6.07, 6.45) is 0.608. The molecule has 0 saturated carbocycles. The molecule has 0 aromatic carbocycles. The number of rotatable bonds is 8. The third-order valence-corrected chi connectivity index (χ3v) is 3.96. The Kier molecular flexibility index (Phi) is 6.10. The second-order valence-corrected chi connectivity index (χ2v) is 5.78. The molecule has 0 radical (unpaired) electrons. The second-order valence-electron chi connectivity index (χ2n) is 4.83. The van der Waals surface area contributed by atoms with E-state index in [1.807, 2.05) is 0 Å². The Morgan fingerprint density at radius 3 is 2.74 bits per heavy atom. The lowest BCUT2D eigenvalue weighted by molar-refractivity contribution is -0.154. The molecule has 0 bridgehead atoms. The van der Waals surface area contributed by atoms with Crippen LogP contribution in [0.2, 0.25) is 0 Å². The molecular weight excluding hydrogens is 318 g/mol. The number of furan rings is 1. The molecule has 2 aromatic rings. The molecule has 2 aromatic heterocycles. The minimum Gasteiger partial charge on any atom is -0.467 e. The highest BCUT2D eigenvalue weighted by atomic mass is 32.1. The third kappa shape index (κ3) is 5.37. The number of hydrogen-bond acceptors (Lipinski definition) is 6. The van der Waals surface area contributed by atoms with Crippen LogP contribution >= 0.6 is 11.3 Å². The van der Waals surface area contributed by atoms with Crippen molar-refractivity contribution in [3.8, 4) is 0 Å². The summed E-state index contributed by atoms with van der Waals surface area (Å²) >= 11 is 1.33. The number of esters is 1. The average molecular weight is 335 g/mol. The van der Waals surface area contributed by atoms with Gasteiger partial charge in [-0.2, -0.15) is 0 Å². The maximum Gasteiger partial charge on any atom is 0.307 e. The van der Waals surface area contributed by atoms with Gasteiger partial charge < -0.3 is 14.5 Å². The topological polar surface area (TPSA) is 85.6 Å². The summed E-state index contributed by atoms with van der Waals surface area (Å²) in [5.74, 6) is -0.486.